The minimum Gasteiger partial charge on any atom is -0.496 e. The van der Waals surface area contributed by atoms with E-state index in [1.54, 1.807) is 13.2 Å². The minimum absolute atomic E-state index is 0.0292. The van der Waals surface area contributed by atoms with Crippen LogP contribution in [0.4, 0.5) is 10.1 Å². The molecule has 2 aromatic carbocycles. The predicted molar refractivity (Wildman–Crippen MR) is 79.5 cm³/mol. The molecule has 0 atom stereocenters. The zero-order valence-electron chi connectivity index (χ0n) is 10.8. The summed E-state index contributed by atoms with van der Waals surface area (Å²) in [5.41, 5.74) is 6.45. The van der Waals surface area contributed by atoms with Gasteiger partial charge in [0.2, 0.25) is 0 Å². The lowest BCUT2D eigenvalue weighted by atomic mass is 10.0. The summed E-state index contributed by atoms with van der Waals surface area (Å²) in [5, 5.41) is 0. The van der Waals surface area contributed by atoms with E-state index < -0.39 is 5.82 Å². The van der Waals surface area contributed by atoms with Crippen molar-refractivity contribution in [2.75, 3.05) is 12.8 Å². The first kappa shape index (κ1) is 14.5. The second-order valence-corrected chi connectivity index (χ2v) is 5.21. The smallest absolute Gasteiger partial charge is 0.167 e. The van der Waals surface area contributed by atoms with E-state index >= 15 is 0 Å². The largest absolute Gasteiger partial charge is 0.496 e. The summed E-state index contributed by atoms with van der Waals surface area (Å²) >= 11 is 3.35. The van der Waals surface area contributed by atoms with E-state index in [0.717, 1.165) is 16.1 Å². The van der Waals surface area contributed by atoms with Gasteiger partial charge in [-0.25, -0.2) is 4.39 Å². The number of halogens is 2. The maximum Gasteiger partial charge on any atom is 0.167 e. The van der Waals surface area contributed by atoms with Gasteiger partial charge >= 0.3 is 0 Å². The van der Waals surface area contributed by atoms with Crippen LogP contribution in [0.2, 0.25) is 0 Å². The number of anilines is 1. The van der Waals surface area contributed by atoms with Crippen LogP contribution in [0, 0.1) is 5.82 Å². The molecule has 0 aromatic heterocycles. The quantitative estimate of drug-likeness (QED) is 0.685. The number of ketones is 1. The van der Waals surface area contributed by atoms with Crippen molar-refractivity contribution in [3.8, 4) is 5.75 Å². The van der Waals surface area contributed by atoms with E-state index in [9.17, 15) is 9.18 Å². The van der Waals surface area contributed by atoms with E-state index in [-0.39, 0.29) is 17.9 Å². The van der Waals surface area contributed by atoms with Gasteiger partial charge in [-0.1, -0.05) is 15.9 Å². The lowest BCUT2D eigenvalue weighted by molar-refractivity contribution is 0.0991. The molecule has 104 valence electrons. The molecule has 0 spiro atoms. The number of hydrogen-bond acceptors (Lipinski definition) is 3. The molecule has 0 heterocycles. The van der Waals surface area contributed by atoms with Crippen molar-refractivity contribution in [1.29, 1.82) is 0 Å². The Hall–Kier alpha value is -1.88. The van der Waals surface area contributed by atoms with E-state index in [0.29, 0.717) is 11.3 Å². The Bertz CT molecular complexity index is 658. The molecule has 5 heteroatoms. The van der Waals surface area contributed by atoms with Crippen LogP contribution < -0.4 is 10.5 Å². The summed E-state index contributed by atoms with van der Waals surface area (Å²) in [4.78, 5) is 12.2. The van der Waals surface area contributed by atoms with Gasteiger partial charge in [-0.3, -0.25) is 4.79 Å². The maximum atomic E-state index is 13.4. The van der Waals surface area contributed by atoms with Gasteiger partial charge in [-0.05, 0) is 36.4 Å². The molecule has 0 aliphatic rings. The minimum atomic E-state index is -0.586. The van der Waals surface area contributed by atoms with Crippen molar-refractivity contribution in [2.45, 2.75) is 6.42 Å². The molecule has 0 amide bonds. The molecule has 2 aromatic rings. The van der Waals surface area contributed by atoms with Crippen LogP contribution in [0.25, 0.3) is 0 Å². The lowest BCUT2D eigenvalue weighted by Gasteiger charge is -2.09. The molecule has 0 aliphatic carbocycles. The molecule has 20 heavy (non-hydrogen) atoms. The van der Waals surface area contributed by atoms with Crippen molar-refractivity contribution in [3.63, 3.8) is 0 Å². The second kappa shape index (κ2) is 6.05. The summed E-state index contributed by atoms with van der Waals surface area (Å²) in [5.74, 6) is -0.158. The van der Waals surface area contributed by atoms with Gasteiger partial charge in [0.25, 0.3) is 0 Å². The van der Waals surface area contributed by atoms with Gasteiger partial charge in [0.05, 0.1) is 12.8 Å². The zero-order valence-corrected chi connectivity index (χ0v) is 12.4. The first-order chi connectivity index (χ1) is 9.51. The Kier molecular flexibility index (Phi) is 4.39. The standard InChI is InChI=1S/C15H13BrFNO2/c1-20-15-5-3-11(16)6-10(15)8-14(19)9-2-4-13(18)12(17)7-9/h2-7H,8,18H2,1H3. The van der Waals surface area contributed by atoms with E-state index in [2.05, 4.69) is 15.9 Å². The number of nitrogens with two attached hydrogens (primary N) is 1. The highest BCUT2D eigenvalue weighted by molar-refractivity contribution is 9.10. The fourth-order valence-corrected chi connectivity index (χ4v) is 2.27. The number of carbonyl (C=O) groups is 1. The summed E-state index contributed by atoms with van der Waals surface area (Å²) in [6.07, 6.45) is 0.131. The van der Waals surface area contributed by atoms with Crippen LogP contribution in [0.1, 0.15) is 15.9 Å². The van der Waals surface area contributed by atoms with E-state index in [1.807, 2.05) is 12.1 Å². The summed E-state index contributed by atoms with van der Waals surface area (Å²) in [6.45, 7) is 0. The molecule has 2 N–H and O–H groups in total. The summed E-state index contributed by atoms with van der Waals surface area (Å²) in [6, 6.07) is 9.48. The first-order valence-electron chi connectivity index (χ1n) is 5.92. The lowest BCUT2D eigenvalue weighted by Crippen LogP contribution is -2.06. The molecule has 0 radical (unpaired) electrons. The second-order valence-electron chi connectivity index (χ2n) is 4.29. The molecule has 0 aliphatic heterocycles. The van der Waals surface area contributed by atoms with Crippen molar-refractivity contribution < 1.29 is 13.9 Å². The van der Waals surface area contributed by atoms with Gasteiger partial charge < -0.3 is 10.5 Å². The average Bonchev–Trinajstić information content (AvgIpc) is 2.42. The highest BCUT2D eigenvalue weighted by Gasteiger charge is 2.13. The van der Waals surface area contributed by atoms with Gasteiger partial charge in [0.1, 0.15) is 11.6 Å². The van der Waals surface area contributed by atoms with Crippen LogP contribution in [0.5, 0.6) is 5.75 Å². The normalized spacial score (nSPS) is 10.3. The van der Waals surface area contributed by atoms with Crippen molar-refractivity contribution in [3.05, 3.63) is 57.8 Å². The Balaban J connectivity index is 2.27. The molecule has 0 saturated heterocycles. The fourth-order valence-electron chi connectivity index (χ4n) is 1.86. The Morgan fingerprint density at radius 2 is 2.05 bits per heavy atom. The SMILES string of the molecule is COc1ccc(Br)cc1CC(=O)c1ccc(N)c(F)c1. The number of carbonyl (C=O) groups excluding carboxylic acids is 1. The number of Topliss-reactive ketones (excluding diaryl/α,β-unsaturated/α-hetero) is 1. The number of benzene rings is 2. The van der Waals surface area contributed by atoms with Crippen molar-refractivity contribution in [2.24, 2.45) is 0 Å². The molecule has 0 fully saturated rings. The van der Waals surface area contributed by atoms with E-state index in [4.69, 9.17) is 10.5 Å². The van der Waals surface area contributed by atoms with Crippen LogP contribution in [-0.4, -0.2) is 12.9 Å². The number of rotatable bonds is 4. The first-order valence-corrected chi connectivity index (χ1v) is 6.71. The summed E-state index contributed by atoms with van der Waals surface area (Å²) in [7, 11) is 1.54. The Labute approximate surface area is 124 Å². The number of nitrogen functional groups attached to an aromatic ring is 1. The third kappa shape index (κ3) is 3.17. The van der Waals surface area contributed by atoms with Crippen LogP contribution >= 0.6 is 15.9 Å². The topological polar surface area (TPSA) is 52.3 Å². The third-order valence-corrected chi connectivity index (χ3v) is 3.41. The number of ether oxygens (including phenoxy) is 1. The molecule has 2 rings (SSSR count). The van der Waals surface area contributed by atoms with Gasteiger partial charge in [-0.15, -0.1) is 0 Å². The molecule has 3 nitrogen and oxygen atoms in total. The molecular formula is C15H13BrFNO2. The van der Waals surface area contributed by atoms with Crippen molar-refractivity contribution in [1.82, 2.24) is 0 Å². The van der Waals surface area contributed by atoms with Gasteiger partial charge in [0, 0.05) is 22.0 Å². The monoisotopic (exact) mass is 337 g/mol. The number of hydrogen-bond donors (Lipinski definition) is 1. The molecule has 0 saturated carbocycles. The highest BCUT2D eigenvalue weighted by Crippen LogP contribution is 2.24. The fraction of sp³-hybridized carbons (Fsp3) is 0.133. The van der Waals surface area contributed by atoms with E-state index in [1.165, 1.54) is 12.1 Å². The Morgan fingerprint density at radius 1 is 1.30 bits per heavy atom. The van der Waals surface area contributed by atoms with Gasteiger partial charge in [0.15, 0.2) is 5.78 Å². The maximum absolute atomic E-state index is 13.4. The average molecular weight is 338 g/mol. The highest BCUT2D eigenvalue weighted by atomic mass is 79.9. The van der Waals surface area contributed by atoms with Crippen LogP contribution in [0.3, 0.4) is 0 Å². The van der Waals surface area contributed by atoms with Gasteiger partial charge in [-0.2, -0.15) is 0 Å². The summed E-state index contributed by atoms with van der Waals surface area (Å²) < 4.78 is 19.4. The molecule has 0 unspecified atom stereocenters. The predicted octanol–water partition coefficient (Wildman–Crippen LogP) is 3.60. The third-order valence-electron chi connectivity index (χ3n) is 2.92. The van der Waals surface area contributed by atoms with Crippen LogP contribution in [0.15, 0.2) is 40.9 Å². The molecular weight excluding hydrogens is 325 g/mol. The van der Waals surface area contributed by atoms with Crippen molar-refractivity contribution >= 4 is 27.4 Å². The number of methoxy groups -OCH3 is 1. The Morgan fingerprint density at radius 3 is 2.70 bits per heavy atom. The molecule has 0 bridgehead atoms. The zero-order chi connectivity index (χ0) is 14.7. The van der Waals surface area contributed by atoms with Crippen LogP contribution in [-0.2, 0) is 6.42 Å².